The highest BCUT2D eigenvalue weighted by atomic mass is 32.2. The molecule has 2 heterocycles. The van der Waals surface area contributed by atoms with E-state index in [-0.39, 0.29) is 5.91 Å². The van der Waals surface area contributed by atoms with Crippen LogP contribution < -0.4 is 5.32 Å². The van der Waals surface area contributed by atoms with Gasteiger partial charge in [-0.05, 0) is 24.5 Å². The lowest BCUT2D eigenvalue weighted by Crippen LogP contribution is -2.18. The van der Waals surface area contributed by atoms with E-state index >= 15 is 0 Å². The van der Waals surface area contributed by atoms with Crippen molar-refractivity contribution in [1.29, 1.82) is 0 Å². The normalized spacial score (nSPS) is 20.1. The van der Waals surface area contributed by atoms with E-state index in [9.17, 15) is 9.00 Å². The number of nitrogens with zero attached hydrogens (tertiary/aromatic N) is 2. The molecule has 1 unspecified atom stereocenters. The molecule has 1 aliphatic heterocycles. The Morgan fingerprint density at radius 3 is 2.69 bits per heavy atom. The van der Waals surface area contributed by atoms with Gasteiger partial charge in [0.1, 0.15) is 5.82 Å². The monoisotopic (exact) mass is 371 g/mol. The summed E-state index contributed by atoms with van der Waals surface area (Å²) in [5, 5.41) is 7.70. The van der Waals surface area contributed by atoms with E-state index in [4.69, 9.17) is 0 Å². The molecule has 2 aromatic rings. The number of aromatic nitrogens is 2. The van der Waals surface area contributed by atoms with Crippen molar-refractivity contribution in [2.45, 2.75) is 56.5 Å². The molecule has 138 valence electrons. The molecule has 0 bridgehead atoms. The summed E-state index contributed by atoms with van der Waals surface area (Å²) < 4.78 is 13.7. The lowest BCUT2D eigenvalue weighted by Gasteiger charge is -2.21. The third-order valence-corrected chi connectivity index (χ3v) is 6.64. The fourth-order valence-electron chi connectivity index (χ4n) is 4.02. The third kappa shape index (κ3) is 3.75. The largest absolute Gasteiger partial charge is 0.310 e. The van der Waals surface area contributed by atoms with Crippen LogP contribution >= 0.6 is 0 Å². The zero-order chi connectivity index (χ0) is 17.9. The number of amides is 1. The molecule has 5 nitrogen and oxygen atoms in total. The van der Waals surface area contributed by atoms with Gasteiger partial charge >= 0.3 is 0 Å². The molecule has 4 rings (SSSR count). The van der Waals surface area contributed by atoms with Crippen LogP contribution in [0.3, 0.4) is 0 Å². The molecule has 1 saturated carbocycles. The molecule has 1 aliphatic carbocycles. The van der Waals surface area contributed by atoms with Crippen LogP contribution in [0.5, 0.6) is 0 Å². The van der Waals surface area contributed by atoms with Gasteiger partial charge in [-0.15, -0.1) is 0 Å². The van der Waals surface area contributed by atoms with Crippen LogP contribution in [0, 0.1) is 5.92 Å². The maximum atomic E-state index is 12.6. The van der Waals surface area contributed by atoms with E-state index in [0.717, 1.165) is 23.4 Å². The van der Waals surface area contributed by atoms with Gasteiger partial charge in [0.25, 0.3) is 0 Å². The minimum Gasteiger partial charge on any atom is -0.310 e. The first-order chi connectivity index (χ1) is 12.7. The second-order valence-corrected chi connectivity index (χ2v) is 8.80. The second kappa shape index (κ2) is 7.74. The second-order valence-electron chi connectivity index (χ2n) is 7.34. The highest BCUT2D eigenvalue weighted by molar-refractivity contribution is 7.83. The first-order valence-corrected chi connectivity index (χ1v) is 11.0. The molecule has 1 fully saturated rings. The predicted molar refractivity (Wildman–Crippen MR) is 104 cm³/mol. The summed E-state index contributed by atoms with van der Waals surface area (Å²) in [4.78, 5) is 12.6. The lowest BCUT2D eigenvalue weighted by atomic mass is 9.86. The van der Waals surface area contributed by atoms with Crippen molar-refractivity contribution in [3.05, 3.63) is 41.6 Å². The molecule has 1 amide bonds. The topological polar surface area (TPSA) is 64.0 Å². The molecule has 0 spiro atoms. The molecule has 1 aromatic heterocycles. The molecule has 6 heteroatoms. The van der Waals surface area contributed by atoms with Gasteiger partial charge in [-0.2, -0.15) is 5.10 Å². The summed E-state index contributed by atoms with van der Waals surface area (Å²) in [5.41, 5.74) is 2.68. The summed E-state index contributed by atoms with van der Waals surface area (Å²) >= 11 is 0. The quantitative estimate of drug-likeness (QED) is 0.866. The number of carbonyl (C=O) groups excluding carboxylic acids is 1. The average Bonchev–Trinajstić information content (AvgIpc) is 3.19. The summed E-state index contributed by atoms with van der Waals surface area (Å²) in [6, 6.07) is 9.80. The smallest absolute Gasteiger partial charge is 0.225 e. The highest BCUT2D eigenvalue weighted by Crippen LogP contribution is 2.32. The Bertz CT molecular complexity index is 810. The average molecular weight is 372 g/mol. The third-order valence-electron chi connectivity index (χ3n) is 5.43. The van der Waals surface area contributed by atoms with Gasteiger partial charge in [-0.1, -0.05) is 50.3 Å². The summed E-state index contributed by atoms with van der Waals surface area (Å²) in [5.74, 6) is 2.37. The first kappa shape index (κ1) is 17.5. The van der Waals surface area contributed by atoms with Crippen LogP contribution in [0.2, 0.25) is 0 Å². The summed E-state index contributed by atoms with van der Waals surface area (Å²) in [6.45, 7) is 0. The lowest BCUT2D eigenvalue weighted by molar-refractivity contribution is -0.116. The summed E-state index contributed by atoms with van der Waals surface area (Å²) in [6.07, 6.45) is 7.94. The molecule has 0 saturated heterocycles. The molecular formula is C20H25N3O2S. The van der Waals surface area contributed by atoms with Crippen molar-refractivity contribution in [1.82, 2.24) is 9.78 Å². The molecular weight excluding hydrogens is 346 g/mol. The number of fused-ring (bicyclic) bond motifs is 1. The predicted octanol–water partition coefficient (Wildman–Crippen LogP) is 3.93. The Labute approximate surface area is 156 Å². The minimum atomic E-state index is -0.913. The number of para-hydroxylation sites is 1. The maximum Gasteiger partial charge on any atom is 0.225 e. The van der Waals surface area contributed by atoms with Gasteiger partial charge in [0, 0.05) is 22.8 Å². The zero-order valence-corrected chi connectivity index (χ0v) is 15.8. The van der Waals surface area contributed by atoms with Crippen molar-refractivity contribution in [3.63, 3.8) is 0 Å². The van der Waals surface area contributed by atoms with Crippen LogP contribution in [-0.2, 0) is 27.1 Å². The van der Waals surface area contributed by atoms with E-state index in [0.29, 0.717) is 29.7 Å². The van der Waals surface area contributed by atoms with E-state index < -0.39 is 10.8 Å². The van der Waals surface area contributed by atoms with Crippen molar-refractivity contribution in [2.75, 3.05) is 5.32 Å². The first-order valence-electron chi connectivity index (χ1n) is 9.52. The van der Waals surface area contributed by atoms with Crippen LogP contribution in [-0.4, -0.2) is 19.9 Å². The van der Waals surface area contributed by atoms with Gasteiger partial charge in [0.05, 0.1) is 22.9 Å². The molecule has 2 aliphatic rings. The Hall–Kier alpha value is -1.95. The minimum absolute atomic E-state index is 0.0353. The maximum absolute atomic E-state index is 12.6. The number of nitrogens with one attached hydrogen (secondary N) is 1. The number of benzene rings is 1. The zero-order valence-electron chi connectivity index (χ0n) is 14.9. The summed E-state index contributed by atoms with van der Waals surface area (Å²) in [7, 11) is -0.913. The Morgan fingerprint density at radius 2 is 1.92 bits per heavy atom. The van der Waals surface area contributed by atoms with Gasteiger partial charge in [0.15, 0.2) is 0 Å². The van der Waals surface area contributed by atoms with Crippen molar-refractivity contribution < 1.29 is 9.00 Å². The fraction of sp³-hybridized carbons (Fsp3) is 0.500. The van der Waals surface area contributed by atoms with Gasteiger partial charge < -0.3 is 5.32 Å². The van der Waals surface area contributed by atoms with E-state index in [1.165, 1.54) is 32.1 Å². The van der Waals surface area contributed by atoms with Crippen molar-refractivity contribution in [2.24, 2.45) is 5.92 Å². The standard InChI is InChI=1S/C20H25N3O2S/c24-19(12-11-15-7-3-1-4-8-15)21-20-17-13-26(25)14-18(17)22-23(20)16-9-5-2-6-10-16/h2,5-6,9-10,15H,1,3-4,7-8,11-14H2,(H,21,24). The Morgan fingerprint density at radius 1 is 1.15 bits per heavy atom. The van der Waals surface area contributed by atoms with E-state index in [2.05, 4.69) is 10.4 Å². The van der Waals surface area contributed by atoms with Gasteiger partial charge in [-0.3, -0.25) is 9.00 Å². The van der Waals surface area contributed by atoms with Gasteiger partial charge in [0.2, 0.25) is 5.91 Å². The van der Waals surface area contributed by atoms with E-state index in [1.54, 1.807) is 4.68 Å². The SMILES string of the molecule is O=C(CCC1CCCCC1)Nc1c2c(nn1-c1ccccc1)CS(=O)C2. The van der Waals surface area contributed by atoms with E-state index in [1.807, 2.05) is 30.3 Å². The van der Waals surface area contributed by atoms with Crippen LogP contribution in [0.1, 0.15) is 56.2 Å². The molecule has 1 aromatic carbocycles. The molecule has 26 heavy (non-hydrogen) atoms. The van der Waals surface area contributed by atoms with Gasteiger partial charge in [-0.25, -0.2) is 4.68 Å². The number of hydrogen-bond donors (Lipinski definition) is 1. The number of carbonyl (C=O) groups is 1. The number of anilines is 1. The Kier molecular flexibility index (Phi) is 5.20. The van der Waals surface area contributed by atoms with Crippen molar-refractivity contribution in [3.8, 4) is 5.69 Å². The van der Waals surface area contributed by atoms with Crippen molar-refractivity contribution >= 4 is 22.5 Å². The highest BCUT2D eigenvalue weighted by Gasteiger charge is 2.28. The molecule has 1 N–H and O–H groups in total. The number of rotatable bonds is 5. The Balaban J connectivity index is 1.51. The number of hydrogen-bond acceptors (Lipinski definition) is 3. The fourth-order valence-corrected chi connectivity index (χ4v) is 5.28. The van der Waals surface area contributed by atoms with Crippen LogP contribution in [0.15, 0.2) is 30.3 Å². The molecule has 1 atom stereocenters. The van der Waals surface area contributed by atoms with Crippen LogP contribution in [0.25, 0.3) is 5.69 Å². The molecule has 0 radical (unpaired) electrons. The van der Waals surface area contributed by atoms with Crippen LogP contribution in [0.4, 0.5) is 5.82 Å².